The lowest BCUT2D eigenvalue weighted by Crippen LogP contribution is -2.57. The van der Waals surface area contributed by atoms with Crippen molar-refractivity contribution in [3.05, 3.63) is 63.6 Å². The van der Waals surface area contributed by atoms with Crippen LogP contribution in [-0.4, -0.2) is 76.2 Å². The lowest BCUT2D eigenvalue weighted by Gasteiger charge is -2.34. The number of halogens is 2. The summed E-state index contributed by atoms with van der Waals surface area (Å²) >= 11 is 11.9. The number of esters is 1. The number of carbonyl (C=O) groups is 5. The minimum absolute atomic E-state index is 0.00618. The predicted octanol–water partition coefficient (Wildman–Crippen LogP) is 2.55. The van der Waals surface area contributed by atoms with E-state index in [0.717, 1.165) is 10.6 Å². The van der Waals surface area contributed by atoms with E-state index in [-0.39, 0.29) is 53.8 Å². The van der Waals surface area contributed by atoms with Crippen molar-refractivity contribution in [1.82, 2.24) is 20.7 Å². The number of benzene rings is 2. The van der Waals surface area contributed by atoms with Crippen molar-refractivity contribution in [3.63, 3.8) is 0 Å². The van der Waals surface area contributed by atoms with Crippen LogP contribution in [0.25, 0.3) is 0 Å². The third-order valence-corrected chi connectivity index (χ3v) is 7.23. The van der Waals surface area contributed by atoms with Crippen molar-refractivity contribution in [3.8, 4) is 5.75 Å². The first kappa shape index (κ1) is 31.1. The third-order valence-electron chi connectivity index (χ3n) is 6.66. The van der Waals surface area contributed by atoms with Gasteiger partial charge in [-0.2, -0.15) is 0 Å². The molecule has 0 bridgehead atoms. The molecule has 0 aliphatic carbocycles. The van der Waals surface area contributed by atoms with Crippen LogP contribution in [0.5, 0.6) is 5.75 Å². The van der Waals surface area contributed by atoms with E-state index in [0.29, 0.717) is 6.42 Å². The maximum absolute atomic E-state index is 13.6. The van der Waals surface area contributed by atoms with Crippen LogP contribution in [0.4, 0.5) is 0 Å². The van der Waals surface area contributed by atoms with Gasteiger partial charge >= 0.3 is 5.97 Å². The first-order valence-electron chi connectivity index (χ1n) is 13.3. The number of amides is 4. The summed E-state index contributed by atoms with van der Waals surface area (Å²) in [5.74, 6) is -3.38. The van der Waals surface area contributed by atoms with E-state index in [4.69, 9.17) is 32.7 Å². The lowest BCUT2D eigenvalue weighted by molar-refractivity contribution is -0.169. The first-order chi connectivity index (χ1) is 20.1. The summed E-state index contributed by atoms with van der Waals surface area (Å²) in [6.07, 6.45) is -0.744. The highest BCUT2D eigenvalue weighted by Crippen LogP contribution is 2.32. The normalized spacial score (nSPS) is 20.7. The summed E-state index contributed by atoms with van der Waals surface area (Å²) in [6, 6.07) is 9.64. The molecule has 12 nitrogen and oxygen atoms in total. The van der Waals surface area contributed by atoms with Crippen LogP contribution in [0, 0.1) is 0 Å². The van der Waals surface area contributed by atoms with E-state index in [1.165, 1.54) is 17.1 Å². The molecule has 2 aliphatic rings. The van der Waals surface area contributed by atoms with E-state index in [1.807, 2.05) is 37.3 Å². The molecule has 4 rings (SSSR count). The Kier molecular flexibility index (Phi) is 10.3. The fraction of sp³-hybridized carbons (Fsp3) is 0.393. The molecule has 14 heteroatoms. The maximum atomic E-state index is 13.6. The van der Waals surface area contributed by atoms with Crippen molar-refractivity contribution in [2.45, 2.75) is 57.6 Å². The second-order valence-corrected chi connectivity index (χ2v) is 10.6. The molecule has 0 aromatic heterocycles. The SMILES string of the molecule is CCCN1C(=O)CCC(NC(=O)c2cc(Cl)c(O)c(Cl)c2)C(=O)N1CC(=O)NC1CC(=O)OC1OCc1ccccc1. The van der Waals surface area contributed by atoms with E-state index in [9.17, 15) is 29.1 Å². The third kappa shape index (κ3) is 7.50. The van der Waals surface area contributed by atoms with Crippen LogP contribution in [0.3, 0.4) is 0 Å². The molecule has 2 saturated heterocycles. The Labute approximate surface area is 251 Å². The fourth-order valence-corrected chi connectivity index (χ4v) is 5.08. The number of cyclic esters (lactones) is 1. The molecule has 3 atom stereocenters. The molecule has 2 fully saturated rings. The number of hydrogen-bond acceptors (Lipinski definition) is 8. The number of ether oxygens (including phenoxy) is 2. The quantitative estimate of drug-likeness (QED) is 0.342. The summed E-state index contributed by atoms with van der Waals surface area (Å²) in [7, 11) is 0. The lowest BCUT2D eigenvalue weighted by atomic mass is 10.1. The standard InChI is InChI=1S/C28H30Cl2N4O8/c1-2-10-33-23(36)9-8-20(32-26(39)17-11-18(29)25(38)19(30)12-17)27(40)34(33)14-22(35)31-21-13-24(37)42-28(21)41-15-16-6-4-3-5-7-16/h3-7,11-12,20-21,28,38H,2,8-10,13-15H2,1H3,(H,31,35)(H,32,39). The van der Waals surface area contributed by atoms with Gasteiger partial charge in [0.05, 0.1) is 23.1 Å². The number of nitrogens with one attached hydrogen (secondary N) is 2. The molecule has 3 unspecified atom stereocenters. The highest BCUT2D eigenvalue weighted by Gasteiger charge is 2.40. The fourth-order valence-electron chi connectivity index (χ4n) is 4.59. The predicted molar refractivity (Wildman–Crippen MR) is 150 cm³/mol. The monoisotopic (exact) mass is 620 g/mol. The number of hydrogen-bond donors (Lipinski definition) is 3. The van der Waals surface area contributed by atoms with Gasteiger partial charge in [0, 0.05) is 18.5 Å². The zero-order valence-corrected chi connectivity index (χ0v) is 24.2. The van der Waals surface area contributed by atoms with Crippen LogP contribution < -0.4 is 10.6 Å². The number of carbonyl (C=O) groups excluding carboxylic acids is 5. The topological polar surface area (TPSA) is 155 Å². The van der Waals surface area contributed by atoms with Gasteiger partial charge < -0.3 is 25.2 Å². The maximum Gasteiger partial charge on any atom is 0.310 e. The first-order valence-corrected chi connectivity index (χ1v) is 14.1. The minimum atomic E-state index is -1.15. The number of aromatic hydroxyl groups is 1. The van der Waals surface area contributed by atoms with Gasteiger partial charge in [0.1, 0.15) is 18.6 Å². The second kappa shape index (κ2) is 13.9. The summed E-state index contributed by atoms with van der Waals surface area (Å²) in [5.41, 5.74) is 0.840. The Morgan fingerprint density at radius 2 is 1.76 bits per heavy atom. The largest absolute Gasteiger partial charge is 0.505 e. The van der Waals surface area contributed by atoms with Gasteiger partial charge in [0.25, 0.3) is 11.8 Å². The Morgan fingerprint density at radius 1 is 1.07 bits per heavy atom. The van der Waals surface area contributed by atoms with Gasteiger partial charge in [0.15, 0.2) is 5.75 Å². The molecule has 0 saturated carbocycles. The average Bonchev–Trinajstić information content (AvgIpc) is 3.27. The van der Waals surface area contributed by atoms with Crippen molar-refractivity contribution < 1.29 is 38.6 Å². The van der Waals surface area contributed by atoms with Crippen molar-refractivity contribution in [1.29, 1.82) is 0 Å². The van der Waals surface area contributed by atoms with Crippen LogP contribution in [0.2, 0.25) is 10.0 Å². The van der Waals surface area contributed by atoms with Crippen molar-refractivity contribution in [2.24, 2.45) is 0 Å². The Hall–Kier alpha value is -3.87. The molecule has 2 heterocycles. The van der Waals surface area contributed by atoms with Gasteiger partial charge in [0.2, 0.25) is 18.1 Å². The molecular weight excluding hydrogens is 591 g/mol. The molecule has 4 amide bonds. The molecule has 42 heavy (non-hydrogen) atoms. The Balaban J connectivity index is 1.46. The zero-order valence-electron chi connectivity index (χ0n) is 22.7. The Morgan fingerprint density at radius 3 is 2.43 bits per heavy atom. The molecular formula is C28H30Cl2N4O8. The molecule has 2 aromatic rings. The van der Waals surface area contributed by atoms with Crippen LogP contribution in [0.1, 0.15) is 48.5 Å². The van der Waals surface area contributed by atoms with Crippen LogP contribution in [0.15, 0.2) is 42.5 Å². The average molecular weight is 621 g/mol. The molecule has 0 radical (unpaired) electrons. The summed E-state index contributed by atoms with van der Waals surface area (Å²) in [4.78, 5) is 64.7. The van der Waals surface area contributed by atoms with E-state index >= 15 is 0 Å². The highest BCUT2D eigenvalue weighted by molar-refractivity contribution is 6.37. The van der Waals surface area contributed by atoms with E-state index < -0.39 is 54.5 Å². The van der Waals surface area contributed by atoms with Gasteiger partial charge in [-0.1, -0.05) is 60.5 Å². The van der Waals surface area contributed by atoms with Gasteiger partial charge in [-0.3, -0.25) is 29.0 Å². The van der Waals surface area contributed by atoms with Gasteiger partial charge in [-0.15, -0.1) is 0 Å². The van der Waals surface area contributed by atoms with Crippen LogP contribution in [-0.2, 0) is 35.3 Å². The van der Waals surface area contributed by atoms with E-state index in [1.54, 1.807) is 0 Å². The number of nitrogens with zero attached hydrogens (tertiary/aromatic N) is 2. The summed E-state index contributed by atoms with van der Waals surface area (Å²) in [6.45, 7) is 1.57. The Bertz CT molecular complexity index is 1340. The van der Waals surface area contributed by atoms with Crippen molar-refractivity contribution >= 4 is 52.8 Å². The number of hydrazine groups is 1. The molecule has 3 N–H and O–H groups in total. The van der Waals surface area contributed by atoms with E-state index in [2.05, 4.69) is 10.6 Å². The van der Waals surface area contributed by atoms with Gasteiger partial charge in [-0.25, -0.2) is 5.01 Å². The summed E-state index contributed by atoms with van der Waals surface area (Å²) in [5, 5.41) is 16.9. The molecule has 0 spiro atoms. The molecule has 224 valence electrons. The number of phenolic OH excluding ortho intramolecular Hbond substituents is 1. The number of rotatable bonds is 10. The zero-order chi connectivity index (χ0) is 30.4. The molecule has 2 aliphatic heterocycles. The molecule has 2 aromatic carbocycles. The second-order valence-electron chi connectivity index (χ2n) is 9.80. The highest BCUT2D eigenvalue weighted by atomic mass is 35.5. The smallest absolute Gasteiger partial charge is 0.310 e. The van der Waals surface area contributed by atoms with Gasteiger partial charge in [-0.05, 0) is 30.5 Å². The minimum Gasteiger partial charge on any atom is -0.505 e. The summed E-state index contributed by atoms with van der Waals surface area (Å²) < 4.78 is 11.0. The number of phenols is 1. The van der Waals surface area contributed by atoms with Crippen molar-refractivity contribution in [2.75, 3.05) is 13.1 Å². The van der Waals surface area contributed by atoms with Crippen LogP contribution >= 0.6 is 23.2 Å².